The maximum atomic E-state index is 12.7. The molecule has 1 aliphatic rings. The Morgan fingerprint density at radius 3 is 2.72 bits per heavy atom. The van der Waals surface area contributed by atoms with E-state index >= 15 is 0 Å². The van der Waals surface area contributed by atoms with Crippen molar-refractivity contribution in [2.75, 3.05) is 13.1 Å². The first-order valence-corrected chi connectivity index (χ1v) is 8.06. The molecule has 1 aliphatic heterocycles. The molecule has 25 heavy (non-hydrogen) atoms. The highest BCUT2D eigenvalue weighted by Gasteiger charge is 2.27. The van der Waals surface area contributed by atoms with Gasteiger partial charge in [-0.2, -0.15) is 0 Å². The van der Waals surface area contributed by atoms with Crippen LogP contribution in [0.2, 0.25) is 0 Å². The van der Waals surface area contributed by atoms with Crippen LogP contribution >= 0.6 is 12.4 Å². The van der Waals surface area contributed by atoms with E-state index in [0.717, 1.165) is 23.8 Å². The molecule has 1 atom stereocenters. The first kappa shape index (κ1) is 19.2. The summed E-state index contributed by atoms with van der Waals surface area (Å²) in [6.45, 7) is 0.728. The summed E-state index contributed by atoms with van der Waals surface area (Å²) in [5.41, 5.74) is 5.33. The number of imidazole rings is 1. The fraction of sp³-hybridized carbons (Fsp3) is 0.600. The number of halogens is 1. The zero-order chi connectivity index (χ0) is 17.4. The average molecular weight is 371 g/mol. The van der Waals surface area contributed by atoms with E-state index in [1.165, 1.54) is 10.9 Å². The van der Waals surface area contributed by atoms with Crippen molar-refractivity contribution in [3.05, 3.63) is 27.2 Å². The van der Waals surface area contributed by atoms with Gasteiger partial charge in [0.2, 0.25) is 5.91 Å². The Labute approximate surface area is 150 Å². The zero-order valence-electron chi connectivity index (χ0n) is 14.3. The summed E-state index contributed by atoms with van der Waals surface area (Å²) in [6, 6.07) is -0.0220. The van der Waals surface area contributed by atoms with Crippen LogP contribution in [0, 0.1) is 0 Å². The number of nitrogens with zero attached hydrogens (tertiary/aromatic N) is 5. The molecule has 2 aromatic rings. The molecule has 0 aromatic carbocycles. The van der Waals surface area contributed by atoms with Gasteiger partial charge in [-0.05, 0) is 19.3 Å². The molecule has 0 bridgehead atoms. The summed E-state index contributed by atoms with van der Waals surface area (Å²) >= 11 is 0. The molecule has 0 aliphatic carbocycles. The number of likely N-dealkylation sites (tertiary alicyclic amines) is 1. The van der Waals surface area contributed by atoms with Gasteiger partial charge in [-0.15, -0.1) is 12.4 Å². The van der Waals surface area contributed by atoms with Crippen molar-refractivity contribution in [2.45, 2.75) is 31.8 Å². The van der Waals surface area contributed by atoms with Gasteiger partial charge in [-0.3, -0.25) is 14.2 Å². The largest absolute Gasteiger partial charge is 0.337 e. The highest BCUT2D eigenvalue weighted by molar-refractivity contribution is 5.85. The fourth-order valence-electron chi connectivity index (χ4n) is 3.34. The lowest BCUT2D eigenvalue weighted by Gasteiger charge is -2.35. The molecular formula is C15H23ClN6O3. The molecule has 3 rings (SSSR count). The lowest BCUT2D eigenvalue weighted by Crippen LogP contribution is -2.51. The smallest absolute Gasteiger partial charge is 0.332 e. The van der Waals surface area contributed by atoms with Crippen LogP contribution in [0.1, 0.15) is 19.3 Å². The lowest BCUT2D eigenvalue weighted by molar-refractivity contribution is -0.135. The molecule has 1 amide bonds. The van der Waals surface area contributed by atoms with Gasteiger partial charge in [-0.25, -0.2) is 14.3 Å². The van der Waals surface area contributed by atoms with Crippen LogP contribution in [0.25, 0.3) is 11.2 Å². The average Bonchev–Trinajstić information content (AvgIpc) is 2.98. The van der Waals surface area contributed by atoms with Crippen LogP contribution in [0.5, 0.6) is 0 Å². The first-order valence-electron chi connectivity index (χ1n) is 8.06. The molecule has 9 nitrogen and oxygen atoms in total. The molecule has 1 fully saturated rings. The van der Waals surface area contributed by atoms with Crippen LogP contribution in [-0.2, 0) is 25.4 Å². The minimum absolute atomic E-state index is 0. The minimum Gasteiger partial charge on any atom is -0.337 e. The summed E-state index contributed by atoms with van der Waals surface area (Å²) in [5.74, 6) is -0.245. The summed E-state index contributed by atoms with van der Waals surface area (Å²) in [4.78, 5) is 43.5. The number of piperidine rings is 1. The summed E-state index contributed by atoms with van der Waals surface area (Å²) in [5, 5.41) is 0. The Hall–Kier alpha value is -2.13. The van der Waals surface area contributed by atoms with Crippen molar-refractivity contribution in [3.8, 4) is 0 Å². The third-order valence-corrected chi connectivity index (χ3v) is 4.71. The third kappa shape index (κ3) is 3.21. The van der Waals surface area contributed by atoms with E-state index in [9.17, 15) is 14.4 Å². The number of aromatic nitrogens is 4. The van der Waals surface area contributed by atoms with Crippen molar-refractivity contribution in [3.63, 3.8) is 0 Å². The van der Waals surface area contributed by atoms with Gasteiger partial charge in [0.05, 0.1) is 6.33 Å². The quantitative estimate of drug-likeness (QED) is 0.760. The van der Waals surface area contributed by atoms with Crippen LogP contribution in [0.3, 0.4) is 0 Å². The van der Waals surface area contributed by atoms with Crippen molar-refractivity contribution < 1.29 is 4.79 Å². The number of amides is 1. The van der Waals surface area contributed by atoms with E-state index in [0.29, 0.717) is 24.3 Å². The Bertz CT molecular complexity index is 899. The second-order valence-electron chi connectivity index (χ2n) is 6.23. The van der Waals surface area contributed by atoms with Gasteiger partial charge in [-0.1, -0.05) is 0 Å². The summed E-state index contributed by atoms with van der Waals surface area (Å²) in [7, 11) is 3.23. The van der Waals surface area contributed by atoms with E-state index in [-0.39, 0.29) is 30.9 Å². The van der Waals surface area contributed by atoms with E-state index in [4.69, 9.17) is 5.73 Å². The van der Waals surface area contributed by atoms with Crippen LogP contribution in [-0.4, -0.2) is 48.6 Å². The van der Waals surface area contributed by atoms with E-state index < -0.39 is 11.2 Å². The van der Waals surface area contributed by atoms with Crippen molar-refractivity contribution in [1.82, 2.24) is 23.6 Å². The highest BCUT2D eigenvalue weighted by atomic mass is 35.5. The van der Waals surface area contributed by atoms with E-state index in [1.807, 2.05) is 0 Å². The predicted molar refractivity (Wildman–Crippen MR) is 95.9 cm³/mol. The first-order chi connectivity index (χ1) is 11.5. The number of fused-ring (bicyclic) bond motifs is 1. The zero-order valence-corrected chi connectivity index (χ0v) is 15.2. The summed E-state index contributed by atoms with van der Waals surface area (Å²) < 4.78 is 3.83. The predicted octanol–water partition coefficient (Wildman–Crippen LogP) is -0.805. The molecule has 138 valence electrons. The van der Waals surface area contributed by atoms with Gasteiger partial charge >= 0.3 is 5.69 Å². The standard InChI is InChI=1S/C15H22N6O3.ClH/c1-18-9-17-13-12(18)14(23)21(15(24)19(13)2)8-11(22)20-6-4-3-5-10(20)7-16;/h9-10H,3-8,16H2,1-2H3;1H. The molecular weight excluding hydrogens is 348 g/mol. The molecule has 1 unspecified atom stereocenters. The Balaban J connectivity index is 0.00000225. The second kappa shape index (κ2) is 7.40. The monoisotopic (exact) mass is 370 g/mol. The van der Waals surface area contributed by atoms with Gasteiger partial charge in [0.15, 0.2) is 11.2 Å². The normalized spacial score (nSPS) is 17.6. The number of rotatable bonds is 3. The maximum absolute atomic E-state index is 12.7. The molecule has 2 N–H and O–H groups in total. The topological polar surface area (TPSA) is 108 Å². The van der Waals surface area contributed by atoms with Crippen LogP contribution < -0.4 is 17.0 Å². The van der Waals surface area contributed by atoms with Crippen LogP contribution in [0.15, 0.2) is 15.9 Å². The van der Waals surface area contributed by atoms with Gasteiger partial charge in [0.1, 0.15) is 6.54 Å². The fourth-order valence-corrected chi connectivity index (χ4v) is 3.34. The molecule has 3 heterocycles. The van der Waals surface area contributed by atoms with Crippen LogP contribution in [0.4, 0.5) is 0 Å². The molecule has 0 spiro atoms. The number of aryl methyl sites for hydroxylation is 2. The number of nitrogens with two attached hydrogens (primary N) is 1. The van der Waals surface area contributed by atoms with Crippen molar-refractivity contribution in [2.24, 2.45) is 19.8 Å². The summed E-state index contributed by atoms with van der Waals surface area (Å²) in [6.07, 6.45) is 4.28. The Morgan fingerprint density at radius 1 is 1.32 bits per heavy atom. The number of carbonyl (C=O) groups excluding carboxylic acids is 1. The molecule has 1 saturated heterocycles. The van der Waals surface area contributed by atoms with Gasteiger partial charge < -0.3 is 15.2 Å². The lowest BCUT2D eigenvalue weighted by atomic mass is 10.0. The molecule has 0 radical (unpaired) electrons. The maximum Gasteiger partial charge on any atom is 0.332 e. The van der Waals surface area contributed by atoms with E-state index in [1.54, 1.807) is 23.6 Å². The SMILES string of the molecule is Cl.Cn1cnc2c1c(=O)n(CC(=O)N1CCCCC1CN)c(=O)n2C. The van der Waals surface area contributed by atoms with E-state index in [2.05, 4.69) is 4.98 Å². The molecule has 10 heteroatoms. The Morgan fingerprint density at radius 2 is 2.04 bits per heavy atom. The van der Waals surface area contributed by atoms with Gasteiger partial charge in [0.25, 0.3) is 5.56 Å². The number of hydrogen-bond acceptors (Lipinski definition) is 5. The molecule has 2 aromatic heterocycles. The minimum atomic E-state index is -0.541. The number of carbonyl (C=O) groups is 1. The Kier molecular flexibility index (Phi) is 5.69. The van der Waals surface area contributed by atoms with Crippen molar-refractivity contribution >= 4 is 29.5 Å². The number of hydrogen-bond donors (Lipinski definition) is 1. The second-order valence-corrected chi connectivity index (χ2v) is 6.23. The third-order valence-electron chi connectivity index (χ3n) is 4.71. The highest BCUT2D eigenvalue weighted by Crippen LogP contribution is 2.16. The van der Waals surface area contributed by atoms with Gasteiger partial charge in [0, 0.05) is 33.2 Å². The van der Waals surface area contributed by atoms with Crippen molar-refractivity contribution in [1.29, 1.82) is 0 Å². The molecule has 0 saturated carbocycles.